The van der Waals surface area contributed by atoms with Crippen LogP contribution in [0.3, 0.4) is 0 Å². The molecule has 6 nitrogen and oxygen atoms in total. The van der Waals surface area contributed by atoms with Crippen molar-refractivity contribution in [3.8, 4) is 5.75 Å². The highest BCUT2D eigenvalue weighted by molar-refractivity contribution is 6.30. The second kappa shape index (κ2) is 6.99. The highest BCUT2D eigenvalue weighted by Gasteiger charge is 2.07. The van der Waals surface area contributed by atoms with Crippen molar-refractivity contribution in [3.63, 3.8) is 0 Å². The maximum Gasteiger partial charge on any atom is 0.226 e. The Balaban J connectivity index is 1.85. The minimum Gasteiger partial charge on any atom is -0.495 e. The van der Waals surface area contributed by atoms with Gasteiger partial charge in [0.1, 0.15) is 5.75 Å². The zero-order chi connectivity index (χ0) is 15.2. The van der Waals surface area contributed by atoms with Gasteiger partial charge in [0, 0.05) is 18.0 Å². The SMILES string of the molecule is COc1ccc(Cl)cc1NCCC(=O)Nc1cn[nH]c1C. The Hall–Kier alpha value is -2.21. The molecule has 0 fully saturated rings. The molecule has 0 saturated heterocycles. The van der Waals surface area contributed by atoms with Crippen molar-refractivity contribution in [1.29, 1.82) is 0 Å². The third-order valence-electron chi connectivity index (χ3n) is 2.93. The molecule has 0 saturated carbocycles. The average molecular weight is 309 g/mol. The van der Waals surface area contributed by atoms with Gasteiger partial charge in [0.05, 0.1) is 30.4 Å². The van der Waals surface area contributed by atoms with Crippen molar-refractivity contribution in [3.05, 3.63) is 35.1 Å². The number of carbonyl (C=O) groups is 1. The number of carbonyl (C=O) groups excluding carboxylic acids is 1. The van der Waals surface area contributed by atoms with E-state index in [4.69, 9.17) is 16.3 Å². The van der Waals surface area contributed by atoms with Crippen LogP contribution in [0.1, 0.15) is 12.1 Å². The van der Waals surface area contributed by atoms with Crippen LogP contribution in [0.4, 0.5) is 11.4 Å². The number of methoxy groups -OCH3 is 1. The van der Waals surface area contributed by atoms with Gasteiger partial charge < -0.3 is 15.4 Å². The van der Waals surface area contributed by atoms with Gasteiger partial charge in [-0.25, -0.2) is 0 Å². The van der Waals surface area contributed by atoms with Crippen LogP contribution >= 0.6 is 11.6 Å². The number of H-pyrrole nitrogens is 1. The van der Waals surface area contributed by atoms with E-state index in [1.807, 2.05) is 6.92 Å². The molecule has 1 aromatic heterocycles. The normalized spacial score (nSPS) is 10.2. The molecule has 0 atom stereocenters. The molecule has 0 aliphatic rings. The summed E-state index contributed by atoms with van der Waals surface area (Å²) in [6.07, 6.45) is 1.90. The first kappa shape index (κ1) is 15.2. The summed E-state index contributed by atoms with van der Waals surface area (Å²) >= 11 is 5.94. The van der Waals surface area contributed by atoms with E-state index in [0.29, 0.717) is 29.4 Å². The van der Waals surface area contributed by atoms with E-state index < -0.39 is 0 Å². The van der Waals surface area contributed by atoms with Crippen molar-refractivity contribution in [2.45, 2.75) is 13.3 Å². The summed E-state index contributed by atoms with van der Waals surface area (Å²) in [5.41, 5.74) is 2.28. The minimum atomic E-state index is -0.0898. The number of hydrogen-bond acceptors (Lipinski definition) is 4. The lowest BCUT2D eigenvalue weighted by Crippen LogP contribution is -2.16. The van der Waals surface area contributed by atoms with Crippen molar-refractivity contribution in [2.75, 3.05) is 24.3 Å². The fourth-order valence-electron chi connectivity index (χ4n) is 1.82. The Morgan fingerprint density at radius 2 is 2.24 bits per heavy atom. The number of aromatic amines is 1. The number of aromatic nitrogens is 2. The van der Waals surface area contributed by atoms with Gasteiger partial charge in [-0.05, 0) is 25.1 Å². The Labute approximate surface area is 127 Å². The Bertz CT molecular complexity index is 627. The second-order valence-electron chi connectivity index (χ2n) is 4.48. The second-order valence-corrected chi connectivity index (χ2v) is 4.91. The van der Waals surface area contributed by atoms with Crippen LogP contribution in [0.15, 0.2) is 24.4 Å². The van der Waals surface area contributed by atoms with Crippen LogP contribution < -0.4 is 15.4 Å². The van der Waals surface area contributed by atoms with Gasteiger partial charge in [-0.2, -0.15) is 5.10 Å². The number of amides is 1. The Kier molecular flexibility index (Phi) is 5.05. The first-order valence-corrected chi connectivity index (χ1v) is 6.85. The quantitative estimate of drug-likeness (QED) is 0.766. The number of aryl methyl sites for hydroxylation is 1. The predicted molar refractivity (Wildman–Crippen MR) is 83.1 cm³/mol. The summed E-state index contributed by atoms with van der Waals surface area (Å²) in [6, 6.07) is 5.29. The van der Waals surface area contributed by atoms with Crippen LogP contribution in [0.25, 0.3) is 0 Å². The lowest BCUT2D eigenvalue weighted by molar-refractivity contribution is -0.115. The van der Waals surface area contributed by atoms with E-state index >= 15 is 0 Å². The fraction of sp³-hybridized carbons (Fsp3) is 0.286. The summed E-state index contributed by atoms with van der Waals surface area (Å²) in [5.74, 6) is 0.596. The molecule has 1 amide bonds. The van der Waals surface area contributed by atoms with Crippen molar-refractivity contribution in [2.24, 2.45) is 0 Å². The highest BCUT2D eigenvalue weighted by atomic mass is 35.5. The zero-order valence-corrected chi connectivity index (χ0v) is 12.6. The van der Waals surface area contributed by atoms with Crippen molar-refractivity contribution >= 4 is 28.9 Å². The van der Waals surface area contributed by atoms with E-state index in [1.165, 1.54) is 0 Å². The molecule has 2 aromatic rings. The van der Waals surface area contributed by atoms with Crippen LogP contribution in [-0.4, -0.2) is 29.8 Å². The van der Waals surface area contributed by atoms with E-state index in [1.54, 1.807) is 31.5 Å². The maximum atomic E-state index is 11.8. The molecule has 112 valence electrons. The molecule has 0 aliphatic carbocycles. The van der Waals surface area contributed by atoms with Gasteiger partial charge in [0.25, 0.3) is 0 Å². The number of ether oxygens (including phenoxy) is 1. The summed E-state index contributed by atoms with van der Waals surface area (Å²) in [5, 5.41) is 13.1. The van der Waals surface area contributed by atoms with Crippen LogP contribution in [-0.2, 0) is 4.79 Å². The van der Waals surface area contributed by atoms with Crippen molar-refractivity contribution < 1.29 is 9.53 Å². The molecular weight excluding hydrogens is 292 g/mol. The van der Waals surface area contributed by atoms with E-state index in [-0.39, 0.29) is 5.91 Å². The standard InChI is InChI=1S/C14H17ClN4O2/c1-9-12(8-17-19-9)18-14(20)5-6-16-11-7-10(15)3-4-13(11)21-2/h3-4,7-8,16H,5-6H2,1-2H3,(H,17,19)(H,18,20). The molecular formula is C14H17ClN4O2. The molecule has 3 N–H and O–H groups in total. The van der Waals surface area contributed by atoms with E-state index in [9.17, 15) is 4.79 Å². The molecule has 7 heteroatoms. The van der Waals surface area contributed by atoms with Crippen LogP contribution in [0.2, 0.25) is 5.02 Å². The van der Waals surface area contributed by atoms with Crippen molar-refractivity contribution in [1.82, 2.24) is 10.2 Å². The third-order valence-corrected chi connectivity index (χ3v) is 3.17. The molecule has 0 spiro atoms. The maximum absolute atomic E-state index is 11.8. The summed E-state index contributed by atoms with van der Waals surface area (Å²) in [4.78, 5) is 11.8. The van der Waals surface area contributed by atoms with Gasteiger partial charge in [0.2, 0.25) is 5.91 Å². The molecule has 0 radical (unpaired) electrons. The van der Waals surface area contributed by atoms with Gasteiger partial charge in [-0.3, -0.25) is 9.89 Å². The molecule has 2 rings (SSSR count). The first-order chi connectivity index (χ1) is 10.1. The van der Waals surface area contributed by atoms with Crippen LogP contribution in [0, 0.1) is 6.92 Å². The molecule has 0 unspecified atom stereocenters. The monoisotopic (exact) mass is 308 g/mol. The number of anilines is 2. The zero-order valence-electron chi connectivity index (χ0n) is 11.9. The third kappa shape index (κ3) is 4.13. The highest BCUT2D eigenvalue weighted by Crippen LogP contribution is 2.27. The largest absolute Gasteiger partial charge is 0.495 e. The molecule has 1 heterocycles. The molecule has 0 aliphatic heterocycles. The Morgan fingerprint density at radius 3 is 2.90 bits per heavy atom. The number of nitrogens with zero attached hydrogens (tertiary/aromatic N) is 1. The number of nitrogens with one attached hydrogen (secondary N) is 3. The smallest absolute Gasteiger partial charge is 0.226 e. The summed E-state index contributed by atoms with van der Waals surface area (Å²) in [7, 11) is 1.59. The molecule has 21 heavy (non-hydrogen) atoms. The lowest BCUT2D eigenvalue weighted by Gasteiger charge is -2.11. The topological polar surface area (TPSA) is 79.0 Å². The van der Waals surface area contributed by atoms with Gasteiger partial charge in [0.15, 0.2) is 0 Å². The number of benzene rings is 1. The molecule has 0 bridgehead atoms. The van der Waals surface area contributed by atoms with Gasteiger partial charge >= 0.3 is 0 Å². The number of hydrogen-bond donors (Lipinski definition) is 3. The Morgan fingerprint density at radius 1 is 1.43 bits per heavy atom. The lowest BCUT2D eigenvalue weighted by atomic mass is 10.2. The van der Waals surface area contributed by atoms with Gasteiger partial charge in [-0.1, -0.05) is 11.6 Å². The first-order valence-electron chi connectivity index (χ1n) is 6.47. The van der Waals surface area contributed by atoms with Crippen LogP contribution in [0.5, 0.6) is 5.75 Å². The number of rotatable bonds is 6. The predicted octanol–water partition coefficient (Wildman–Crippen LogP) is 2.82. The molecule has 1 aromatic carbocycles. The van der Waals surface area contributed by atoms with E-state index in [0.717, 1.165) is 11.4 Å². The van der Waals surface area contributed by atoms with Gasteiger partial charge in [-0.15, -0.1) is 0 Å². The van der Waals surface area contributed by atoms with E-state index in [2.05, 4.69) is 20.8 Å². The minimum absolute atomic E-state index is 0.0898. The number of halogens is 1. The fourth-order valence-corrected chi connectivity index (χ4v) is 1.99. The summed E-state index contributed by atoms with van der Waals surface area (Å²) in [6.45, 7) is 2.32. The summed E-state index contributed by atoms with van der Waals surface area (Å²) < 4.78 is 5.22. The average Bonchev–Trinajstić information content (AvgIpc) is 2.84.